The van der Waals surface area contributed by atoms with Crippen LogP contribution in [0.3, 0.4) is 0 Å². The van der Waals surface area contributed by atoms with Crippen LogP contribution in [-0.2, 0) is 12.4 Å². The largest absolute Gasteiger partial charge is 0.493 e. The monoisotopic (exact) mass is 794 g/mol. The Kier molecular flexibility index (Phi) is 15.2. The number of nitro groups is 2. The van der Waals surface area contributed by atoms with Crippen LogP contribution in [0.2, 0.25) is 10.0 Å². The van der Waals surface area contributed by atoms with E-state index in [-0.39, 0.29) is 57.0 Å². The number of carbonyl (C=O) groups is 2. The number of carboxylic acid groups (broad SMARTS) is 1. The number of nitrogens with two attached hydrogens (primary N) is 1. The lowest BCUT2D eigenvalue weighted by molar-refractivity contribution is -0.385. The summed E-state index contributed by atoms with van der Waals surface area (Å²) in [6.07, 6.45) is -9.13. The lowest BCUT2D eigenvalue weighted by Crippen LogP contribution is -2.15. The van der Waals surface area contributed by atoms with Crippen molar-refractivity contribution in [3.63, 3.8) is 0 Å². The summed E-state index contributed by atoms with van der Waals surface area (Å²) >= 11 is 10.8. The maximum atomic E-state index is 12.9. The Labute approximate surface area is 305 Å². The van der Waals surface area contributed by atoms with Gasteiger partial charge in [-0.15, -0.1) is 0 Å². The maximum Gasteiger partial charge on any atom is 0.417 e. The van der Waals surface area contributed by atoms with Gasteiger partial charge in [0.25, 0.3) is 17.3 Å². The Morgan fingerprint density at radius 2 is 1.17 bits per heavy atom. The molecule has 0 spiro atoms. The van der Waals surface area contributed by atoms with Gasteiger partial charge in [-0.05, 0) is 62.4 Å². The van der Waals surface area contributed by atoms with Crippen LogP contribution in [0.25, 0.3) is 0 Å². The number of rotatable bonds is 9. The second-order valence-electron chi connectivity index (χ2n) is 9.93. The Hall–Kier alpha value is -5.82. The Morgan fingerprint density at radius 3 is 1.58 bits per heavy atom. The average Bonchev–Trinajstić information content (AvgIpc) is 3.06. The molecule has 0 saturated carbocycles. The number of benzene rings is 4. The van der Waals surface area contributed by atoms with Gasteiger partial charge in [-0.2, -0.15) is 26.3 Å². The smallest absolute Gasteiger partial charge is 0.417 e. The Morgan fingerprint density at radius 1 is 0.736 bits per heavy atom. The van der Waals surface area contributed by atoms with E-state index in [1.165, 1.54) is 30.3 Å². The number of aromatic carboxylic acids is 1. The van der Waals surface area contributed by atoms with Crippen LogP contribution in [-0.4, -0.2) is 40.0 Å². The maximum absolute atomic E-state index is 12.9. The van der Waals surface area contributed by atoms with E-state index in [4.69, 9.17) is 43.5 Å². The first-order chi connectivity index (χ1) is 24.6. The van der Waals surface area contributed by atoms with Crippen LogP contribution in [0, 0.1) is 20.2 Å². The van der Waals surface area contributed by atoms with Gasteiger partial charge in [-0.25, -0.2) is 4.79 Å². The van der Waals surface area contributed by atoms with E-state index in [2.05, 4.69) is 5.32 Å². The van der Waals surface area contributed by atoms with Crippen LogP contribution in [0.1, 0.15) is 45.7 Å². The molecule has 0 heterocycles. The van der Waals surface area contributed by atoms with Crippen molar-refractivity contribution in [2.75, 3.05) is 24.3 Å². The number of nitrogens with zero attached hydrogens (tertiary/aromatic N) is 2. The van der Waals surface area contributed by atoms with E-state index in [0.717, 1.165) is 36.4 Å². The van der Waals surface area contributed by atoms with Crippen molar-refractivity contribution >= 4 is 57.8 Å². The van der Waals surface area contributed by atoms with Gasteiger partial charge in [0.2, 0.25) is 0 Å². The van der Waals surface area contributed by atoms with Gasteiger partial charge >= 0.3 is 18.3 Å². The fourth-order valence-electron chi connectivity index (χ4n) is 3.95. The molecule has 4 rings (SSSR count). The summed E-state index contributed by atoms with van der Waals surface area (Å²) in [6, 6.07) is 13.0. The number of alkyl halides is 6. The molecule has 0 aromatic heterocycles. The van der Waals surface area contributed by atoms with E-state index in [0.29, 0.717) is 12.7 Å². The summed E-state index contributed by atoms with van der Waals surface area (Å²) < 4.78 is 85.2. The zero-order chi connectivity index (χ0) is 40.3. The number of hydrogen-bond donors (Lipinski definition) is 3. The molecule has 1 amide bonds. The lowest BCUT2D eigenvalue weighted by atomic mass is 10.1. The summed E-state index contributed by atoms with van der Waals surface area (Å²) in [6.45, 7) is 3.85. The van der Waals surface area contributed by atoms with Crippen molar-refractivity contribution in [1.29, 1.82) is 0 Å². The number of halogens is 8. The number of nitrogens with one attached hydrogen (secondary N) is 1. The Bertz CT molecular complexity index is 1980. The summed E-state index contributed by atoms with van der Waals surface area (Å²) in [7, 11) is 0. The highest BCUT2D eigenvalue weighted by Gasteiger charge is 2.34. The highest BCUT2D eigenvalue weighted by Crippen LogP contribution is 2.37. The van der Waals surface area contributed by atoms with Crippen LogP contribution in [0.4, 0.5) is 49.1 Å². The molecule has 13 nitrogen and oxygen atoms in total. The molecule has 4 aromatic carbocycles. The van der Waals surface area contributed by atoms with Crippen molar-refractivity contribution in [3.8, 4) is 11.5 Å². The third kappa shape index (κ3) is 12.7. The molecule has 0 saturated heterocycles. The molecule has 0 fully saturated rings. The molecule has 0 atom stereocenters. The number of nitrogen functional groups attached to an aromatic ring is 1. The summed E-state index contributed by atoms with van der Waals surface area (Å²) in [4.78, 5) is 43.1. The lowest BCUT2D eigenvalue weighted by Gasteiger charge is -2.13. The van der Waals surface area contributed by atoms with Crippen LogP contribution in [0.15, 0.2) is 72.8 Å². The number of nitro benzene ring substituents is 2. The van der Waals surface area contributed by atoms with Gasteiger partial charge in [-0.3, -0.25) is 25.0 Å². The van der Waals surface area contributed by atoms with Gasteiger partial charge in [0, 0.05) is 35.6 Å². The molecule has 0 radical (unpaired) electrons. The van der Waals surface area contributed by atoms with Crippen LogP contribution in [0.5, 0.6) is 11.5 Å². The van der Waals surface area contributed by atoms with Crippen LogP contribution < -0.4 is 20.5 Å². The third-order valence-corrected chi connectivity index (χ3v) is 6.91. The molecule has 0 unspecified atom stereocenters. The normalized spacial score (nSPS) is 10.8. The molecule has 0 aliphatic heterocycles. The van der Waals surface area contributed by atoms with Crippen molar-refractivity contribution in [3.05, 3.63) is 125 Å². The highest BCUT2D eigenvalue weighted by atomic mass is 35.5. The van der Waals surface area contributed by atoms with Gasteiger partial charge < -0.3 is 25.6 Å². The second kappa shape index (κ2) is 18.6. The number of hydrogen-bond acceptors (Lipinski definition) is 9. The fraction of sp³-hybridized carbons (Fsp3) is 0.188. The van der Waals surface area contributed by atoms with E-state index in [1.807, 2.05) is 0 Å². The van der Waals surface area contributed by atoms with E-state index in [1.54, 1.807) is 13.8 Å². The number of amides is 1. The first-order valence-electron chi connectivity index (χ1n) is 14.5. The molecule has 0 aliphatic carbocycles. The molecule has 0 bridgehead atoms. The zero-order valence-corrected chi connectivity index (χ0v) is 28.6. The van der Waals surface area contributed by atoms with Gasteiger partial charge in [0.05, 0.1) is 49.8 Å². The minimum absolute atomic E-state index is 0.0479. The fourth-order valence-corrected chi connectivity index (χ4v) is 4.40. The number of ether oxygens (including phenoxy) is 2. The predicted molar refractivity (Wildman–Crippen MR) is 181 cm³/mol. The topological polar surface area (TPSA) is 197 Å². The predicted octanol–water partition coefficient (Wildman–Crippen LogP) is 9.55. The van der Waals surface area contributed by atoms with Crippen molar-refractivity contribution < 1.29 is 60.4 Å². The molecule has 0 aliphatic rings. The summed E-state index contributed by atoms with van der Waals surface area (Å²) in [5.74, 6) is -1.90. The van der Waals surface area contributed by atoms with Gasteiger partial charge in [0.1, 0.15) is 17.1 Å². The highest BCUT2D eigenvalue weighted by molar-refractivity contribution is 6.31. The molecule has 4 N–H and O–H groups in total. The van der Waals surface area contributed by atoms with E-state index < -0.39 is 50.2 Å². The number of non-ortho nitro benzene ring substituents is 2. The standard InChI is InChI=1S/C16H12ClF3N2O4.C9H9NO5.C7H5ClF3N/c1-2-26-14-6-4-10(22(24)25)8-11(14)15(23)21-9-3-5-13(17)12(7-9)16(18,19)20;1-2-15-8-4-3-6(10(13)14)5-7(8)9(11)12;8-6-2-1-4(12)3-5(6)7(9,10)11/h3-8H,2H2,1H3,(H,21,23);3-5H,2H2,1H3,(H,11,12);1-3H,12H2. The van der Waals surface area contributed by atoms with Crippen molar-refractivity contribution in [1.82, 2.24) is 0 Å². The number of carboxylic acids is 1. The first-order valence-corrected chi connectivity index (χ1v) is 15.2. The number of carbonyl (C=O) groups excluding carboxylic acids is 1. The molecular formula is C32H26Cl2F6N4O9. The minimum Gasteiger partial charge on any atom is -0.493 e. The van der Waals surface area contributed by atoms with Crippen molar-refractivity contribution in [2.45, 2.75) is 26.2 Å². The summed E-state index contributed by atoms with van der Waals surface area (Å²) in [5, 5.41) is 31.5. The van der Waals surface area contributed by atoms with Gasteiger partial charge in [-0.1, -0.05) is 23.2 Å². The Balaban J connectivity index is 0.000000304. The molecule has 53 heavy (non-hydrogen) atoms. The summed E-state index contributed by atoms with van der Waals surface area (Å²) in [5.41, 5.74) is 2.04. The molecular weight excluding hydrogens is 769 g/mol. The SMILES string of the molecule is CCOc1ccc([N+](=O)[O-])cc1C(=O)Nc1ccc(Cl)c(C(F)(F)F)c1.CCOc1ccc([N+](=O)[O-])cc1C(=O)O.Nc1ccc(Cl)c(C(F)(F)F)c1. The second-order valence-corrected chi connectivity index (χ2v) is 10.7. The third-order valence-electron chi connectivity index (χ3n) is 6.25. The van der Waals surface area contributed by atoms with Gasteiger partial charge in [0.15, 0.2) is 0 Å². The van der Waals surface area contributed by atoms with E-state index >= 15 is 0 Å². The molecule has 21 heteroatoms. The van der Waals surface area contributed by atoms with E-state index in [9.17, 15) is 56.2 Å². The zero-order valence-electron chi connectivity index (χ0n) is 27.1. The van der Waals surface area contributed by atoms with Crippen molar-refractivity contribution in [2.24, 2.45) is 0 Å². The quantitative estimate of drug-likeness (QED) is 0.0635. The molecule has 4 aromatic rings. The average molecular weight is 795 g/mol. The minimum atomic E-state index is -4.69. The molecule has 284 valence electrons. The first kappa shape index (κ1) is 43.3. The number of anilines is 2. The van der Waals surface area contributed by atoms with Crippen LogP contribution >= 0.6 is 23.2 Å².